The SMILES string of the molecule is CC(=O)Oc1cc(C)c(-c2c(-c3c(C)cc(OC(C)=O)cc3C)c3ccc4cccc5cc(-c6c(C)cc(OC(C)=O)cc6C)c(c2-c2c(C)cc(OC(C)=O)cc2C)c3c45)c(C)c1. The van der Waals surface area contributed by atoms with Crippen molar-refractivity contribution in [3.8, 4) is 67.5 Å². The highest BCUT2D eigenvalue weighted by Gasteiger charge is 2.31. The number of rotatable bonds is 8. The average Bonchev–Trinajstić information content (AvgIpc) is 3.16. The minimum absolute atomic E-state index is 0.395. The molecule has 0 spiro atoms. The van der Waals surface area contributed by atoms with Crippen LogP contribution in [0.15, 0.2) is 84.9 Å². The molecule has 0 aliphatic heterocycles. The smallest absolute Gasteiger partial charge is 0.308 e. The van der Waals surface area contributed by atoms with Crippen molar-refractivity contribution >= 4 is 56.2 Å². The topological polar surface area (TPSA) is 105 Å². The minimum atomic E-state index is -0.413. The fourth-order valence-electron chi connectivity index (χ4n) is 10.2. The van der Waals surface area contributed by atoms with Crippen LogP contribution >= 0.6 is 0 Å². The first-order chi connectivity index (χ1) is 30.3. The molecule has 0 bridgehead atoms. The molecular formula is C56H50O8. The molecule has 8 nitrogen and oxygen atoms in total. The van der Waals surface area contributed by atoms with Gasteiger partial charge in [-0.25, -0.2) is 0 Å². The van der Waals surface area contributed by atoms with E-state index in [2.05, 4.69) is 50.2 Å². The first kappa shape index (κ1) is 43.3. The highest BCUT2D eigenvalue weighted by Crippen LogP contribution is 2.57. The van der Waals surface area contributed by atoms with Gasteiger partial charge in [0.2, 0.25) is 0 Å². The van der Waals surface area contributed by atoms with Crippen molar-refractivity contribution in [1.29, 1.82) is 0 Å². The van der Waals surface area contributed by atoms with Crippen molar-refractivity contribution < 1.29 is 38.1 Å². The molecule has 0 fully saturated rings. The summed E-state index contributed by atoms with van der Waals surface area (Å²) in [5.74, 6) is 0.206. The van der Waals surface area contributed by atoms with Crippen molar-refractivity contribution in [2.45, 2.75) is 83.1 Å². The quantitative estimate of drug-likeness (QED) is 0.0845. The van der Waals surface area contributed by atoms with Crippen LogP contribution in [0.1, 0.15) is 72.2 Å². The Hall–Kier alpha value is -7.32. The van der Waals surface area contributed by atoms with E-state index in [0.29, 0.717) is 23.0 Å². The molecule has 8 heteroatoms. The zero-order valence-corrected chi connectivity index (χ0v) is 38.3. The van der Waals surface area contributed by atoms with Gasteiger partial charge in [0, 0.05) is 27.7 Å². The van der Waals surface area contributed by atoms with E-state index in [1.165, 1.54) is 27.7 Å². The maximum absolute atomic E-state index is 12.4. The van der Waals surface area contributed by atoms with E-state index >= 15 is 0 Å². The molecule has 64 heavy (non-hydrogen) atoms. The number of ether oxygens (including phenoxy) is 4. The summed E-state index contributed by atoms with van der Waals surface area (Å²) >= 11 is 0. The van der Waals surface area contributed by atoms with Crippen LogP contribution in [0.4, 0.5) is 0 Å². The standard InChI is InChI=1S/C56H50O8/c1-27-18-41(61-35(9)57)19-28(2)47(27)46-26-40-15-13-14-39-16-17-45-52(48-29(3)20-42(21-30(48)4)62-36(10)58)55(49-31(5)22-43(23-32(49)6)63-37(11)59)56(54(46)53(45)51(39)40)50-33(7)24-44(25-34(50)8)64-38(12)60/h13-26H,1-12H3. The summed E-state index contributed by atoms with van der Waals surface area (Å²) in [4.78, 5) is 49.2. The predicted molar refractivity (Wildman–Crippen MR) is 255 cm³/mol. The van der Waals surface area contributed by atoms with Gasteiger partial charge in [-0.15, -0.1) is 0 Å². The van der Waals surface area contributed by atoms with Gasteiger partial charge in [-0.05, 0) is 231 Å². The molecule has 8 aromatic carbocycles. The molecule has 0 aromatic heterocycles. The highest BCUT2D eigenvalue weighted by atomic mass is 16.5. The second kappa shape index (κ2) is 16.4. The van der Waals surface area contributed by atoms with Gasteiger partial charge in [0.15, 0.2) is 0 Å². The molecular weight excluding hydrogens is 801 g/mol. The third-order valence-corrected chi connectivity index (χ3v) is 12.0. The molecule has 322 valence electrons. The molecule has 0 saturated heterocycles. The summed E-state index contributed by atoms with van der Waals surface area (Å²) in [6, 6.07) is 28.4. The molecule has 0 radical (unpaired) electrons. The average molecular weight is 851 g/mol. The van der Waals surface area contributed by atoms with Gasteiger partial charge in [0.25, 0.3) is 0 Å². The Balaban J connectivity index is 1.71. The number of hydrogen-bond acceptors (Lipinski definition) is 8. The summed E-state index contributed by atoms with van der Waals surface area (Å²) in [6.07, 6.45) is 0. The lowest BCUT2D eigenvalue weighted by Crippen LogP contribution is -2.07. The zero-order valence-electron chi connectivity index (χ0n) is 38.3. The van der Waals surface area contributed by atoms with Gasteiger partial charge in [-0.3, -0.25) is 19.2 Å². The van der Waals surface area contributed by atoms with Gasteiger partial charge < -0.3 is 18.9 Å². The third kappa shape index (κ3) is 7.63. The Morgan fingerprint density at radius 1 is 0.328 bits per heavy atom. The number of carbonyl (C=O) groups excluding carboxylic acids is 4. The summed E-state index contributed by atoms with van der Waals surface area (Å²) in [5, 5.41) is 6.36. The van der Waals surface area contributed by atoms with E-state index in [9.17, 15) is 19.2 Å². The molecule has 8 rings (SSSR count). The maximum atomic E-state index is 12.4. The highest BCUT2D eigenvalue weighted by molar-refractivity contribution is 6.34. The van der Waals surface area contributed by atoms with Crippen molar-refractivity contribution in [1.82, 2.24) is 0 Å². The molecule has 0 N–H and O–H groups in total. The molecule has 0 atom stereocenters. The summed E-state index contributed by atoms with van der Waals surface area (Å²) < 4.78 is 22.7. The number of carbonyl (C=O) groups is 4. The van der Waals surface area contributed by atoms with Crippen LogP contribution in [0.3, 0.4) is 0 Å². The molecule has 0 aliphatic carbocycles. The Morgan fingerprint density at radius 3 is 1.06 bits per heavy atom. The minimum Gasteiger partial charge on any atom is -0.427 e. The summed E-state index contributed by atoms with van der Waals surface area (Å²) in [7, 11) is 0. The lowest BCUT2D eigenvalue weighted by atomic mass is 9.73. The number of benzene rings is 8. The van der Waals surface area contributed by atoms with Gasteiger partial charge >= 0.3 is 23.9 Å². The number of aryl methyl sites for hydroxylation is 8. The summed E-state index contributed by atoms with van der Waals surface area (Å²) in [5.41, 5.74) is 15.1. The van der Waals surface area contributed by atoms with Crippen LogP contribution in [-0.4, -0.2) is 23.9 Å². The van der Waals surface area contributed by atoms with Crippen LogP contribution in [0, 0.1) is 55.4 Å². The lowest BCUT2D eigenvalue weighted by Gasteiger charge is -2.30. The fourth-order valence-corrected chi connectivity index (χ4v) is 10.2. The Morgan fingerprint density at radius 2 is 0.672 bits per heavy atom. The van der Waals surface area contributed by atoms with Gasteiger partial charge in [-0.2, -0.15) is 0 Å². The summed E-state index contributed by atoms with van der Waals surface area (Å²) in [6.45, 7) is 22.0. The van der Waals surface area contributed by atoms with E-state index < -0.39 is 23.9 Å². The molecule has 0 saturated carbocycles. The second-order valence-electron chi connectivity index (χ2n) is 17.1. The molecule has 0 amide bonds. The van der Waals surface area contributed by atoms with Crippen LogP contribution in [-0.2, 0) is 19.2 Å². The van der Waals surface area contributed by atoms with Crippen molar-refractivity contribution in [3.05, 3.63) is 129 Å². The largest absolute Gasteiger partial charge is 0.427 e. The Bertz CT molecular complexity index is 3220. The lowest BCUT2D eigenvalue weighted by molar-refractivity contribution is -0.132. The normalized spacial score (nSPS) is 11.4. The van der Waals surface area contributed by atoms with E-state index in [0.717, 1.165) is 121 Å². The molecule has 0 heterocycles. The van der Waals surface area contributed by atoms with Gasteiger partial charge in [0.05, 0.1) is 0 Å². The van der Waals surface area contributed by atoms with Gasteiger partial charge in [-0.1, -0.05) is 30.3 Å². The monoisotopic (exact) mass is 850 g/mol. The van der Waals surface area contributed by atoms with Gasteiger partial charge in [0.1, 0.15) is 23.0 Å². The predicted octanol–water partition coefficient (Wildman–Crippen LogP) is 13.4. The zero-order chi connectivity index (χ0) is 46.0. The van der Waals surface area contributed by atoms with E-state index in [1.807, 2.05) is 90.1 Å². The molecule has 0 unspecified atom stereocenters. The van der Waals surface area contributed by atoms with E-state index in [-0.39, 0.29) is 0 Å². The van der Waals surface area contributed by atoms with Crippen LogP contribution in [0.25, 0.3) is 76.8 Å². The number of esters is 4. The second-order valence-corrected chi connectivity index (χ2v) is 17.1. The van der Waals surface area contributed by atoms with Crippen LogP contribution in [0.2, 0.25) is 0 Å². The third-order valence-electron chi connectivity index (χ3n) is 12.0. The molecule has 0 aliphatic rings. The van der Waals surface area contributed by atoms with E-state index in [1.54, 1.807) is 0 Å². The van der Waals surface area contributed by atoms with Crippen molar-refractivity contribution in [2.75, 3.05) is 0 Å². The van der Waals surface area contributed by atoms with Crippen molar-refractivity contribution in [3.63, 3.8) is 0 Å². The molecule has 8 aromatic rings. The van der Waals surface area contributed by atoms with Crippen LogP contribution < -0.4 is 18.9 Å². The van der Waals surface area contributed by atoms with Crippen LogP contribution in [0.5, 0.6) is 23.0 Å². The fraction of sp³-hybridized carbons (Fsp3) is 0.214. The van der Waals surface area contributed by atoms with E-state index in [4.69, 9.17) is 18.9 Å². The first-order valence-electron chi connectivity index (χ1n) is 21.3. The van der Waals surface area contributed by atoms with Crippen molar-refractivity contribution in [2.24, 2.45) is 0 Å². The Labute approximate surface area is 373 Å². The maximum Gasteiger partial charge on any atom is 0.308 e. The number of hydrogen-bond donors (Lipinski definition) is 0. The first-order valence-corrected chi connectivity index (χ1v) is 21.3. The Kier molecular flexibility index (Phi) is 11.1.